The molecule has 1 atom stereocenters. The molecule has 0 saturated carbocycles. The molecule has 0 saturated heterocycles. The van der Waals surface area contributed by atoms with Gasteiger partial charge in [-0.1, -0.05) is 92.4 Å². The molecule has 4 heteroatoms. The molecule has 33 heavy (non-hydrogen) atoms. The van der Waals surface area contributed by atoms with Crippen LogP contribution in [0.15, 0.2) is 101 Å². The Hall–Kier alpha value is -3.37. The summed E-state index contributed by atoms with van der Waals surface area (Å²) in [6.07, 6.45) is 8.57. The molecule has 164 valence electrons. The second-order valence-electron chi connectivity index (χ2n) is 8.97. The maximum Gasteiger partial charge on any atom is 0.220 e. The van der Waals surface area contributed by atoms with Crippen molar-refractivity contribution in [2.24, 2.45) is 5.92 Å². The van der Waals surface area contributed by atoms with E-state index < -0.39 is 0 Å². The van der Waals surface area contributed by atoms with Crippen LogP contribution in [0.4, 0.5) is 0 Å². The lowest BCUT2D eigenvalue weighted by atomic mass is 9.77. The Bertz CT molecular complexity index is 1320. The number of rotatable bonds is 3. The molecule has 3 aromatic carbocycles. The molecule has 0 aromatic heterocycles. The molecular weight excluding hydrogens is 424 g/mol. The van der Waals surface area contributed by atoms with Crippen molar-refractivity contribution in [2.45, 2.75) is 35.5 Å². The van der Waals surface area contributed by atoms with Crippen LogP contribution >= 0.6 is 11.8 Å². The Morgan fingerprint density at radius 2 is 1.67 bits per heavy atom. The Morgan fingerprint density at radius 1 is 0.879 bits per heavy atom. The molecule has 1 heterocycles. The maximum absolute atomic E-state index is 8.41. The predicted molar refractivity (Wildman–Crippen MR) is 137 cm³/mol. The minimum atomic E-state index is -0.109. The molecule has 3 nitrogen and oxygen atoms in total. The normalized spacial score (nSPS) is 17.7. The van der Waals surface area contributed by atoms with Crippen molar-refractivity contribution in [3.05, 3.63) is 108 Å². The van der Waals surface area contributed by atoms with Gasteiger partial charge in [0, 0.05) is 20.8 Å². The van der Waals surface area contributed by atoms with Crippen molar-refractivity contribution in [3.63, 3.8) is 0 Å². The van der Waals surface area contributed by atoms with Gasteiger partial charge in [-0.05, 0) is 52.9 Å². The quantitative estimate of drug-likeness (QED) is 0.319. The molecule has 0 spiro atoms. The fraction of sp³-hybridized carbons (Fsp3) is 0.172. The Morgan fingerprint density at radius 3 is 2.48 bits per heavy atom. The van der Waals surface area contributed by atoms with Crippen molar-refractivity contribution in [2.75, 3.05) is 0 Å². The zero-order valence-corrected chi connectivity index (χ0v) is 19.6. The van der Waals surface area contributed by atoms with Crippen LogP contribution in [0.3, 0.4) is 0 Å². The molecule has 3 aromatic rings. The maximum atomic E-state index is 8.41. The average Bonchev–Trinajstić information content (AvgIpc) is 2.84. The molecule has 2 aliphatic rings. The van der Waals surface area contributed by atoms with Crippen LogP contribution in [0.5, 0.6) is 0 Å². The lowest BCUT2D eigenvalue weighted by Crippen LogP contribution is -2.23. The van der Waals surface area contributed by atoms with Crippen LogP contribution < -0.4 is 0 Å². The standard InChI is InChI=1S/C29H26N2OS/c1-29(2)23-13-6-7-14-25(23)33-26-18-21(15-16-24(26)29)20-11-8-12-22(17-20)28(31)32-27(30)19-9-4-3-5-10-19/h3-9,11-19,30-31H,10H2,1-2H3. The van der Waals surface area contributed by atoms with Gasteiger partial charge in [-0.2, -0.15) is 0 Å². The van der Waals surface area contributed by atoms with E-state index in [1.54, 1.807) is 0 Å². The van der Waals surface area contributed by atoms with Gasteiger partial charge in [0.15, 0.2) is 5.90 Å². The first-order chi connectivity index (χ1) is 15.9. The van der Waals surface area contributed by atoms with E-state index in [1.165, 1.54) is 20.9 Å². The Balaban J connectivity index is 1.41. The van der Waals surface area contributed by atoms with Gasteiger partial charge in [0.05, 0.1) is 5.92 Å². The van der Waals surface area contributed by atoms with Crippen LogP contribution in [0.2, 0.25) is 0 Å². The largest absolute Gasteiger partial charge is 0.425 e. The van der Waals surface area contributed by atoms with E-state index in [0.29, 0.717) is 5.56 Å². The number of allylic oxidation sites excluding steroid dienone is 3. The van der Waals surface area contributed by atoms with Crippen LogP contribution in [0.1, 0.15) is 37.0 Å². The first kappa shape index (κ1) is 21.5. The van der Waals surface area contributed by atoms with Gasteiger partial charge in [-0.15, -0.1) is 0 Å². The number of ether oxygens (including phenoxy) is 1. The highest BCUT2D eigenvalue weighted by molar-refractivity contribution is 7.99. The van der Waals surface area contributed by atoms with E-state index >= 15 is 0 Å². The Labute approximate surface area is 199 Å². The lowest BCUT2D eigenvalue weighted by molar-refractivity contribution is 0.494. The molecule has 0 fully saturated rings. The molecule has 1 aliphatic carbocycles. The third-order valence-corrected chi connectivity index (χ3v) is 7.56. The molecule has 5 rings (SSSR count). The minimum Gasteiger partial charge on any atom is -0.425 e. The van der Waals surface area contributed by atoms with E-state index in [-0.39, 0.29) is 23.1 Å². The monoisotopic (exact) mass is 450 g/mol. The number of benzene rings is 3. The molecule has 0 radical (unpaired) electrons. The third kappa shape index (κ3) is 4.07. The van der Waals surface area contributed by atoms with Crippen LogP contribution in [-0.2, 0) is 10.2 Å². The highest BCUT2D eigenvalue weighted by Crippen LogP contribution is 2.49. The first-order valence-corrected chi connectivity index (χ1v) is 12.0. The second kappa shape index (κ2) is 8.53. The van der Waals surface area contributed by atoms with Gasteiger partial charge in [0.1, 0.15) is 0 Å². The van der Waals surface area contributed by atoms with Gasteiger partial charge < -0.3 is 4.74 Å². The fourth-order valence-corrected chi connectivity index (χ4v) is 5.93. The van der Waals surface area contributed by atoms with E-state index in [4.69, 9.17) is 15.6 Å². The van der Waals surface area contributed by atoms with Crippen molar-refractivity contribution in [1.29, 1.82) is 10.8 Å². The summed E-state index contributed by atoms with van der Waals surface area (Å²) in [6, 6.07) is 23.1. The smallest absolute Gasteiger partial charge is 0.220 e. The van der Waals surface area contributed by atoms with Crippen LogP contribution in [0, 0.1) is 16.7 Å². The number of fused-ring (bicyclic) bond motifs is 2. The molecule has 1 aliphatic heterocycles. The lowest BCUT2D eigenvalue weighted by Gasteiger charge is -2.34. The van der Waals surface area contributed by atoms with E-state index in [0.717, 1.165) is 17.5 Å². The summed E-state index contributed by atoms with van der Waals surface area (Å²) < 4.78 is 5.60. The van der Waals surface area contributed by atoms with Crippen molar-refractivity contribution >= 4 is 23.6 Å². The topological polar surface area (TPSA) is 56.9 Å². The van der Waals surface area contributed by atoms with Gasteiger partial charge >= 0.3 is 0 Å². The van der Waals surface area contributed by atoms with Crippen LogP contribution in [0.25, 0.3) is 11.1 Å². The van der Waals surface area contributed by atoms with Gasteiger partial charge in [0.2, 0.25) is 5.90 Å². The SMILES string of the molecule is CC1(C)c2ccccc2Sc2cc(-c3cccc(C(=N)OC(=N)C4C=CC=CC4)c3)ccc21. The Kier molecular flexibility index (Phi) is 5.55. The minimum absolute atomic E-state index is 0.00667. The molecule has 0 bridgehead atoms. The molecule has 1 unspecified atom stereocenters. The van der Waals surface area contributed by atoms with Crippen LogP contribution in [-0.4, -0.2) is 11.8 Å². The fourth-order valence-electron chi connectivity index (χ4n) is 4.50. The predicted octanol–water partition coefficient (Wildman–Crippen LogP) is 7.60. The zero-order chi connectivity index (χ0) is 23.0. The summed E-state index contributed by atoms with van der Waals surface area (Å²) in [7, 11) is 0. The molecule has 2 N–H and O–H groups in total. The third-order valence-electron chi connectivity index (χ3n) is 6.42. The number of hydrogen-bond acceptors (Lipinski definition) is 4. The molecular formula is C29H26N2OS. The summed E-state index contributed by atoms with van der Waals surface area (Å²) in [5, 5.41) is 16.6. The van der Waals surface area contributed by atoms with Gasteiger partial charge in [-0.3, -0.25) is 10.8 Å². The van der Waals surface area contributed by atoms with E-state index in [2.05, 4.69) is 62.4 Å². The summed E-state index contributed by atoms with van der Waals surface area (Å²) in [6.45, 7) is 4.57. The summed E-state index contributed by atoms with van der Waals surface area (Å²) in [5.41, 5.74) is 5.48. The average molecular weight is 451 g/mol. The van der Waals surface area contributed by atoms with E-state index in [1.807, 2.05) is 54.3 Å². The van der Waals surface area contributed by atoms with E-state index in [9.17, 15) is 0 Å². The summed E-state index contributed by atoms with van der Waals surface area (Å²) >= 11 is 1.82. The van der Waals surface area contributed by atoms with Gasteiger partial charge in [0.25, 0.3) is 0 Å². The van der Waals surface area contributed by atoms with Crippen molar-refractivity contribution in [3.8, 4) is 11.1 Å². The number of hydrogen-bond donors (Lipinski definition) is 2. The number of nitrogens with one attached hydrogen (secondary N) is 2. The highest BCUT2D eigenvalue weighted by atomic mass is 32.2. The first-order valence-electron chi connectivity index (χ1n) is 11.1. The summed E-state index contributed by atoms with van der Waals surface area (Å²) in [4.78, 5) is 2.58. The van der Waals surface area contributed by atoms with Crippen molar-refractivity contribution in [1.82, 2.24) is 0 Å². The van der Waals surface area contributed by atoms with Gasteiger partial charge in [-0.25, -0.2) is 0 Å². The summed E-state index contributed by atoms with van der Waals surface area (Å²) in [5.74, 6) is 0.00622. The molecule has 0 amide bonds. The highest BCUT2D eigenvalue weighted by Gasteiger charge is 2.32. The zero-order valence-electron chi connectivity index (χ0n) is 18.8. The van der Waals surface area contributed by atoms with Crippen molar-refractivity contribution < 1.29 is 4.74 Å². The second-order valence-corrected chi connectivity index (χ2v) is 10.0.